The lowest BCUT2D eigenvalue weighted by Crippen LogP contribution is -2.50. The van der Waals surface area contributed by atoms with Crippen molar-refractivity contribution >= 4 is 23.5 Å². The Bertz CT molecular complexity index is 1270. The number of pyridine rings is 1. The van der Waals surface area contributed by atoms with E-state index in [1.165, 1.54) is 29.2 Å². The third kappa shape index (κ3) is 8.48. The van der Waals surface area contributed by atoms with E-state index < -0.39 is 73.5 Å². The van der Waals surface area contributed by atoms with Crippen LogP contribution in [0.3, 0.4) is 0 Å². The molecule has 3 amide bonds. The molecule has 42 heavy (non-hydrogen) atoms. The highest BCUT2D eigenvalue weighted by atomic mass is 19.4. The van der Waals surface area contributed by atoms with E-state index in [0.717, 1.165) is 12.8 Å². The van der Waals surface area contributed by atoms with Crippen molar-refractivity contribution in [2.24, 2.45) is 11.8 Å². The van der Waals surface area contributed by atoms with Crippen molar-refractivity contribution in [2.75, 3.05) is 5.32 Å². The van der Waals surface area contributed by atoms with Gasteiger partial charge in [-0.1, -0.05) is 0 Å². The zero-order valence-corrected chi connectivity index (χ0v) is 23.4. The summed E-state index contributed by atoms with van der Waals surface area (Å²) in [6.45, 7) is 3.67. The lowest BCUT2D eigenvalue weighted by Gasteiger charge is -2.33. The number of hydrogen-bond donors (Lipinski definition) is 3. The van der Waals surface area contributed by atoms with Crippen molar-refractivity contribution in [3.8, 4) is 0 Å². The van der Waals surface area contributed by atoms with Crippen LogP contribution in [0, 0.1) is 11.8 Å². The fraction of sp³-hybridized carbons (Fsp3) is 0.607. The second-order valence-corrected chi connectivity index (χ2v) is 11.4. The van der Waals surface area contributed by atoms with Gasteiger partial charge in [0.15, 0.2) is 0 Å². The number of hydrogen-bond acceptors (Lipinski definition) is 5. The molecule has 0 aliphatic heterocycles. The van der Waals surface area contributed by atoms with E-state index in [1.54, 1.807) is 6.07 Å². The summed E-state index contributed by atoms with van der Waals surface area (Å²) in [4.78, 5) is 43.1. The van der Waals surface area contributed by atoms with Gasteiger partial charge < -0.3 is 16.0 Å². The fourth-order valence-electron chi connectivity index (χ4n) is 5.23. The SMILES string of the molecule is CC(C)n1nccc1C(=O)NC(C(=O)Nc1cc(C(NC(=O)CCC(F)(F)F)C2CC2)ccn1)C1CCC(F)(F)CC1. The molecule has 9 nitrogen and oxygen atoms in total. The molecule has 2 unspecified atom stereocenters. The van der Waals surface area contributed by atoms with Crippen LogP contribution in [0.4, 0.5) is 27.8 Å². The Kier molecular flexibility index (Phi) is 9.51. The minimum Gasteiger partial charge on any atom is -0.349 e. The maximum Gasteiger partial charge on any atom is 0.389 e. The topological polar surface area (TPSA) is 118 Å². The van der Waals surface area contributed by atoms with E-state index in [-0.39, 0.29) is 36.3 Å². The Morgan fingerprint density at radius 3 is 2.33 bits per heavy atom. The van der Waals surface area contributed by atoms with Crippen LogP contribution in [-0.2, 0) is 9.59 Å². The summed E-state index contributed by atoms with van der Waals surface area (Å²) in [6.07, 6.45) is -2.73. The van der Waals surface area contributed by atoms with E-state index in [0.29, 0.717) is 5.56 Å². The van der Waals surface area contributed by atoms with Crippen LogP contribution >= 0.6 is 0 Å². The molecule has 2 atom stereocenters. The van der Waals surface area contributed by atoms with E-state index in [2.05, 4.69) is 26.0 Å². The molecule has 2 aliphatic carbocycles. The van der Waals surface area contributed by atoms with Gasteiger partial charge in [-0.3, -0.25) is 19.1 Å². The number of aromatic nitrogens is 3. The lowest BCUT2D eigenvalue weighted by atomic mass is 9.81. The first kappa shape index (κ1) is 31.4. The molecular formula is C28H35F5N6O3. The van der Waals surface area contributed by atoms with Crippen LogP contribution in [-0.4, -0.2) is 50.6 Å². The van der Waals surface area contributed by atoms with Crippen molar-refractivity contribution in [1.29, 1.82) is 0 Å². The van der Waals surface area contributed by atoms with Crippen molar-refractivity contribution < 1.29 is 36.3 Å². The predicted octanol–water partition coefficient (Wildman–Crippen LogP) is 5.33. The largest absolute Gasteiger partial charge is 0.389 e. The Balaban J connectivity index is 1.50. The molecule has 0 spiro atoms. The Morgan fingerprint density at radius 1 is 1.02 bits per heavy atom. The molecule has 4 rings (SSSR count). The van der Waals surface area contributed by atoms with Crippen LogP contribution in [0.5, 0.6) is 0 Å². The summed E-state index contributed by atoms with van der Waals surface area (Å²) in [7, 11) is 0. The number of anilines is 1. The van der Waals surface area contributed by atoms with Crippen LogP contribution in [0.1, 0.15) is 93.3 Å². The maximum atomic E-state index is 13.9. The van der Waals surface area contributed by atoms with Gasteiger partial charge in [-0.05, 0) is 75.1 Å². The number of rotatable bonds is 11. The highest BCUT2D eigenvalue weighted by Crippen LogP contribution is 2.42. The van der Waals surface area contributed by atoms with Gasteiger partial charge in [-0.15, -0.1) is 0 Å². The van der Waals surface area contributed by atoms with Gasteiger partial charge in [-0.25, -0.2) is 13.8 Å². The van der Waals surface area contributed by atoms with Crippen LogP contribution < -0.4 is 16.0 Å². The summed E-state index contributed by atoms with van der Waals surface area (Å²) in [5.74, 6) is -5.21. The van der Waals surface area contributed by atoms with Gasteiger partial charge in [0.1, 0.15) is 17.6 Å². The molecule has 14 heteroatoms. The number of alkyl halides is 5. The first-order chi connectivity index (χ1) is 19.7. The van der Waals surface area contributed by atoms with E-state index >= 15 is 0 Å². The highest BCUT2D eigenvalue weighted by Gasteiger charge is 2.41. The number of halogens is 5. The molecule has 0 aromatic carbocycles. The van der Waals surface area contributed by atoms with Gasteiger partial charge in [0.2, 0.25) is 17.7 Å². The van der Waals surface area contributed by atoms with Gasteiger partial charge in [0.25, 0.3) is 5.91 Å². The molecule has 2 fully saturated rings. The third-order valence-electron chi connectivity index (χ3n) is 7.63. The molecule has 0 saturated heterocycles. The summed E-state index contributed by atoms with van der Waals surface area (Å²) < 4.78 is 67.0. The Labute approximate surface area is 240 Å². The second kappa shape index (κ2) is 12.7. The monoisotopic (exact) mass is 598 g/mol. The summed E-state index contributed by atoms with van der Waals surface area (Å²) in [6, 6.07) is 2.80. The summed E-state index contributed by atoms with van der Waals surface area (Å²) in [5.41, 5.74) is 0.777. The highest BCUT2D eigenvalue weighted by molar-refractivity contribution is 6.00. The van der Waals surface area contributed by atoms with Gasteiger partial charge >= 0.3 is 6.18 Å². The molecule has 3 N–H and O–H groups in total. The normalized spacial score (nSPS) is 18.8. The Hall–Kier alpha value is -3.58. The number of nitrogens with zero attached hydrogens (tertiary/aromatic N) is 3. The zero-order chi connectivity index (χ0) is 30.7. The number of nitrogens with one attached hydrogen (secondary N) is 3. The van der Waals surface area contributed by atoms with Gasteiger partial charge in [0, 0.05) is 37.7 Å². The maximum absolute atomic E-state index is 13.9. The summed E-state index contributed by atoms with van der Waals surface area (Å²) in [5, 5.41) is 12.2. The van der Waals surface area contributed by atoms with Gasteiger partial charge in [-0.2, -0.15) is 18.3 Å². The molecule has 0 radical (unpaired) electrons. The minimum absolute atomic E-state index is 0.0238. The summed E-state index contributed by atoms with van der Waals surface area (Å²) >= 11 is 0. The molecule has 2 aliphatic rings. The van der Waals surface area contributed by atoms with Crippen molar-refractivity contribution in [2.45, 2.75) is 95.4 Å². The average molecular weight is 599 g/mol. The third-order valence-corrected chi connectivity index (χ3v) is 7.63. The molecule has 2 aromatic heterocycles. The number of amides is 3. The first-order valence-electron chi connectivity index (χ1n) is 14.1. The van der Waals surface area contributed by atoms with Crippen molar-refractivity contribution in [3.05, 3.63) is 41.9 Å². The van der Waals surface area contributed by atoms with Gasteiger partial charge in [0.05, 0.1) is 12.5 Å². The van der Waals surface area contributed by atoms with Crippen LogP contribution in [0.15, 0.2) is 30.6 Å². The van der Waals surface area contributed by atoms with Crippen molar-refractivity contribution in [3.63, 3.8) is 0 Å². The predicted molar refractivity (Wildman–Crippen MR) is 143 cm³/mol. The molecular weight excluding hydrogens is 563 g/mol. The Morgan fingerprint density at radius 2 is 1.71 bits per heavy atom. The second-order valence-electron chi connectivity index (χ2n) is 11.4. The quantitative estimate of drug-likeness (QED) is 0.302. The average Bonchev–Trinajstić information content (AvgIpc) is 3.63. The van der Waals surface area contributed by atoms with Crippen LogP contribution in [0.2, 0.25) is 0 Å². The van der Waals surface area contributed by atoms with Crippen molar-refractivity contribution in [1.82, 2.24) is 25.4 Å². The molecule has 2 heterocycles. The number of carbonyl (C=O) groups excluding carboxylic acids is 3. The standard InChI is InChI=1S/C28H35F5N6O3/c1-16(2)39-20(9-14-35-39)25(41)38-24(18-5-10-27(29,30)11-6-18)26(42)36-21-15-19(8-13-34-21)23(17-3-4-17)37-22(40)7-12-28(31,32)33/h8-9,13-18,23-24H,3-7,10-12H2,1-2H3,(H,37,40)(H,38,41)(H,34,36,42). The first-order valence-corrected chi connectivity index (χ1v) is 14.1. The fourth-order valence-corrected chi connectivity index (χ4v) is 5.23. The number of carbonyl (C=O) groups is 3. The van der Waals surface area contributed by atoms with Crippen LogP contribution in [0.25, 0.3) is 0 Å². The molecule has 2 saturated carbocycles. The molecule has 2 aromatic rings. The van der Waals surface area contributed by atoms with E-state index in [1.807, 2.05) is 13.8 Å². The van der Waals surface area contributed by atoms with E-state index in [4.69, 9.17) is 0 Å². The minimum atomic E-state index is -4.45. The smallest absolute Gasteiger partial charge is 0.349 e. The zero-order valence-electron chi connectivity index (χ0n) is 23.4. The molecule has 0 bridgehead atoms. The molecule has 230 valence electrons. The lowest BCUT2D eigenvalue weighted by molar-refractivity contribution is -0.144. The van der Waals surface area contributed by atoms with E-state index in [9.17, 15) is 36.3 Å².